The van der Waals surface area contributed by atoms with Gasteiger partial charge in [-0.2, -0.15) is 0 Å². The molecule has 0 fully saturated rings. The van der Waals surface area contributed by atoms with Crippen molar-refractivity contribution in [1.29, 1.82) is 0 Å². The summed E-state index contributed by atoms with van der Waals surface area (Å²) in [6.07, 6.45) is 0. The van der Waals surface area contributed by atoms with Crippen molar-refractivity contribution in [2.45, 2.75) is 0 Å². The van der Waals surface area contributed by atoms with Crippen LogP contribution in [-0.4, -0.2) is 12.1 Å². The molecule has 0 unspecified atom stereocenters. The summed E-state index contributed by atoms with van der Waals surface area (Å²) in [7, 11) is 1.56. The number of H-pyrrole nitrogens is 1. The molecule has 14 heavy (non-hydrogen) atoms. The van der Waals surface area contributed by atoms with Gasteiger partial charge in [0.15, 0.2) is 0 Å². The van der Waals surface area contributed by atoms with Crippen LogP contribution >= 0.6 is 22.6 Å². The maximum Gasteiger partial charge on any atom is 0.260 e. The predicted molar refractivity (Wildman–Crippen MR) is 63.8 cm³/mol. The Morgan fingerprint density at radius 2 is 2.21 bits per heavy atom. The number of hydrogen-bond donors (Lipinski definition) is 1. The summed E-state index contributed by atoms with van der Waals surface area (Å²) in [5.41, 5.74) is -0.107. The minimum Gasteiger partial charge on any atom is -0.496 e. The van der Waals surface area contributed by atoms with E-state index < -0.39 is 0 Å². The zero-order valence-corrected chi connectivity index (χ0v) is 9.66. The van der Waals surface area contributed by atoms with Crippen LogP contribution in [-0.2, 0) is 0 Å². The zero-order valence-electron chi connectivity index (χ0n) is 7.50. The van der Waals surface area contributed by atoms with Crippen LogP contribution in [0.3, 0.4) is 0 Å². The van der Waals surface area contributed by atoms with Gasteiger partial charge in [-0.15, -0.1) is 0 Å². The van der Waals surface area contributed by atoms with Crippen LogP contribution in [0.2, 0.25) is 0 Å². The molecular formula is C10H8INO2. The summed E-state index contributed by atoms with van der Waals surface area (Å²) >= 11 is 2.08. The largest absolute Gasteiger partial charge is 0.496 e. The second kappa shape index (κ2) is 3.61. The van der Waals surface area contributed by atoms with Crippen LogP contribution in [0.15, 0.2) is 29.1 Å². The summed E-state index contributed by atoms with van der Waals surface area (Å²) < 4.78 is 5.95. The molecule has 0 atom stereocenters. The van der Waals surface area contributed by atoms with Crippen LogP contribution in [0.5, 0.6) is 5.75 Å². The van der Waals surface area contributed by atoms with E-state index in [4.69, 9.17) is 4.74 Å². The Bertz CT molecular complexity index is 533. The molecule has 0 aliphatic heterocycles. The molecule has 0 aliphatic carbocycles. The van der Waals surface area contributed by atoms with Gasteiger partial charge in [-0.25, -0.2) is 0 Å². The lowest BCUT2D eigenvalue weighted by Crippen LogP contribution is -2.08. The quantitative estimate of drug-likeness (QED) is 0.648. The minimum atomic E-state index is -0.107. The molecule has 1 heterocycles. The van der Waals surface area contributed by atoms with Crippen LogP contribution < -0.4 is 10.3 Å². The Balaban J connectivity index is 2.94. The molecule has 1 aromatic carbocycles. The first-order chi connectivity index (χ1) is 6.72. The van der Waals surface area contributed by atoms with Crippen LogP contribution in [0, 0.1) is 3.70 Å². The van der Waals surface area contributed by atoms with Crippen molar-refractivity contribution in [1.82, 2.24) is 4.98 Å². The van der Waals surface area contributed by atoms with Crippen molar-refractivity contribution < 1.29 is 4.74 Å². The van der Waals surface area contributed by atoms with E-state index in [-0.39, 0.29) is 5.56 Å². The van der Waals surface area contributed by atoms with E-state index in [9.17, 15) is 4.79 Å². The maximum atomic E-state index is 11.6. The number of pyridine rings is 1. The van der Waals surface area contributed by atoms with Gasteiger partial charge in [-0.05, 0) is 40.1 Å². The van der Waals surface area contributed by atoms with Crippen molar-refractivity contribution in [3.63, 3.8) is 0 Å². The molecule has 0 aliphatic rings. The molecule has 1 N–H and O–H groups in total. The number of halogens is 1. The SMILES string of the molecule is COc1cccc2cc(I)[nH]c(=O)c12. The van der Waals surface area contributed by atoms with Gasteiger partial charge < -0.3 is 9.72 Å². The van der Waals surface area contributed by atoms with Crippen molar-refractivity contribution in [2.24, 2.45) is 0 Å². The fourth-order valence-corrected chi connectivity index (χ4v) is 2.01. The summed E-state index contributed by atoms with van der Waals surface area (Å²) in [5, 5.41) is 1.51. The van der Waals surface area contributed by atoms with E-state index in [1.165, 1.54) is 0 Å². The second-order valence-electron chi connectivity index (χ2n) is 2.87. The van der Waals surface area contributed by atoms with Crippen molar-refractivity contribution in [3.05, 3.63) is 38.3 Å². The number of rotatable bonds is 1. The Kier molecular flexibility index (Phi) is 2.45. The fourth-order valence-electron chi connectivity index (χ4n) is 1.43. The van der Waals surface area contributed by atoms with Gasteiger partial charge in [-0.1, -0.05) is 12.1 Å². The molecule has 2 rings (SSSR count). The Hall–Kier alpha value is -1.04. The average molecular weight is 301 g/mol. The van der Waals surface area contributed by atoms with Crippen LogP contribution in [0.1, 0.15) is 0 Å². The van der Waals surface area contributed by atoms with Gasteiger partial charge in [0.25, 0.3) is 5.56 Å². The molecule has 2 aromatic rings. The topological polar surface area (TPSA) is 42.1 Å². The van der Waals surface area contributed by atoms with Crippen molar-refractivity contribution in [3.8, 4) is 5.75 Å². The Morgan fingerprint density at radius 3 is 2.93 bits per heavy atom. The second-order valence-corrected chi connectivity index (χ2v) is 4.03. The third-order valence-corrected chi connectivity index (χ3v) is 2.60. The van der Waals surface area contributed by atoms with E-state index in [1.807, 2.05) is 18.2 Å². The van der Waals surface area contributed by atoms with E-state index in [0.29, 0.717) is 11.1 Å². The van der Waals surface area contributed by atoms with E-state index in [2.05, 4.69) is 27.6 Å². The summed E-state index contributed by atoms with van der Waals surface area (Å²) in [6, 6.07) is 7.47. The van der Waals surface area contributed by atoms with Crippen LogP contribution in [0.4, 0.5) is 0 Å². The molecule has 4 heteroatoms. The lowest BCUT2D eigenvalue weighted by Gasteiger charge is -2.03. The molecule has 3 nitrogen and oxygen atoms in total. The number of aromatic amines is 1. The number of hydrogen-bond acceptors (Lipinski definition) is 2. The molecule has 0 saturated heterocycles. The number of aromatic nitrogens is 1. The van der Waals surface area contributed by atoms with E-state index >= 15 is 0 Å². The van der Waals surface area contributed by atoms with Gasteiger partial charge in [0, 0.05) is 0 Å². The van der Waals surface area contributed by atoms with E-state index in [0.717, 1.165) is 9.09 Å². The normalized spacial score (nSPS) is 10.4. The molecular weight excluding hydrogens is 293 g/mol. The number of benzene rings is 1. The molecule has 0 radical (unpaired) electrons. The van der Waals surface area contributed by atoms with Crippen molar-refractivity contribution in [2.75, 3.05) is 7.11 Å². The molecule has 0 amide bonds. The zero-order chi connectivity index (χ0) is 10.1. The number of methoxy groups -OCH3 is 1. The molecule has 0 saturated carbocycles. The highest BCUT2D eigenvalue weighted by atomic mass is 127. The van der Waals surface area contributed by atoms with Crippen molar-refractivity contribution >= 4 is 33.4 Å². The van der Waals surface area contributed by atoms with Gasteiger partial charge in [0.2, 0.25) is 0 Å². The maximum absolute atomic E-state index is 11.6. The predicted octanol–water partition coefficient (Wildman–Crippen LogP) is 2.14. The van der Waals surface area contributed by atoms with Gasteiger partial charge >= 0.3 is 0 Å². The highest BCUT2D eigenvalue weighted by Gasteiger charge is 2.05. The van der Waals surface area contributed by atoms with Gasteiger partial charge in [0.1, 0.15) is 5.75 Å². The van der Waals surface area contributed by atoms with Gasteiger partial charge in [-0.3, -0.25) is 4.79 Å². The first-order valence-corrected chi connectivity index (χ1v) is 5.16. The molecule has 1 aromatic heterocycles. The average Bonchev–Trinajstić information content (AvgIpc) is 2.16. The summed E-state index contributed by atoms with van der Waals surface area (Å²) in [6.45, 7) is 0. The highest BCUT2D eigenvalue weighted by molar-refractivity contribution is 14.1. The standard InChI is InChI=1S/C10H8INO2/c1-14-7-4-2-3-6-5-8(11)12-10(13)9(6)7/h2-5H,1H3,(H,12,13). The Labute approximate surface area is 94.2 Å². The molecule has 0 spiro atoms. The lowest BCUT2D eigenvalue weighted by atomic mass is 10.1. The number of fused-ring (bicyclic) bond motifs is 1. The summed E-state index contributed by atoms with van der Waals surface area (Å²) in [4.78, 5) is 14.4. The first-order valence-electron chi connectivity index (χ1n) is 4.08. The Morgan fingerprint density at radius 1 is 1.43 bits per heavy atom. The van der Waals surface area contributed by atoms with Gasteiger partial charge in [0.05, 0.1) is 16.2 Å². The third-order valence-electron chi connectivity index (χ3n) is 2.02. The highest BCUT2D eigenvalue weighted by Crippen LogP contribution is 2.21. The number of nitrogens with one attached hydrogen (secondary N) is 1. The smallest absolute Gasteiger partial charge is 0.260 e. The number of ether oxygens (including phenoxy) is 1. The van der Waals surface area contributed by atoms with Crippen LogP contribution in [0.25, 0.3) is 10.8 Å². The lowest BCUT2D eigenvalue weighted by molar-refractivity contribution is 0.419. The third kappa shape index (κ3) is 1.50. The molecule has 72 valence electrons. The fraction of sp³-hybridized carbons (Fsp3) is 0.100. The molecule has 0 bridgehead atoms. The minimum absolute atomic E-state index is 0.107. The monoisotopic (exact) mass is 301 g/mol. The van der Waals surface area contributed by atoms with E-state index in [1.54, 1.807) is 13.2 Å². The summed E-state index contributed by atoms with van der Waals surface area (Å²) in [5.74, 6) is 0.611. The first kappa shape index (κ1) is 9.51.